The normalized spacial score (nSPS) is 17.2. The van der Waals surface area contributed by atoms with Crippen molar-refractivity contribution < 1.29 is 13.9 Å². The van der Waals surface area contributed by atoms with E-state index in [9.17, 15) is 9.59 Å². The van der Waals surface area contributed by atoms with Crippen LogP contribution in [0.5, 0.6) is 5.75 Å². The molecule has 0 bridgehead atoms. The molecule has 0 saturated heterocycles. The Morgan fingerprint density at radius 3 is 2.67 bits per heavy atom. The van der Waals surface area contributed by atoms with E-state index in [1.807, 2.05) is 56.3 Å². The molecule has 2 aromatic carbocycles. The molecule has 1 atom stereocenters. The topological polar surface area (TPSA) is 72.6 Å². The molecule has 0 N–H and O–H groups in total. The second kappa shape index (κ2) is 7.17. The van der Waals surface area contributed by atoms with Crippen LogP contribution in [-0.2, 0) is 17.6 Å². The van der Waals surface area contributed by atoms with E-state index in [1.165, 1.54) is 0 Å². The summed E-state index contributed by atoms with van der Waals surface area (Å²) >= 11 is 0. The van der Waals surface area contributed by atoms with Crippen molar-refractivity contribution in [2.24, 2.45) is 0 Å². The van der Waals surface area contributed by atoms with E-state index in [1.54, 1.807) is 0 Å². The predicted molar refractivity (Wildman–Crippen MR) is 127 cm³/mol. The van der Waals surface area contributed by atoms with E-state index in [0.717, 1.165) is 57.2 Å². The summed E-state index contributed by atoms with van der Waals surface area (Å²) in [6.45, 7) is 1.99. The molecule has 33 heavy (non-hydrogen) atoms. The van der Waals surface area contributed by atoms with Crippen LogP contribution in [0.2, 0.25) is 0 Å². The average molecular weight is 440 g/mol. The second-order valence-electron chi connectivity index (χ2n) is 9.23. The summed E-state index contributed by atoms with van der Waals surface area (Å²) in [6, 6.07) is 12.1. The molecule has 0 amide bonds. The third-order valence-corrected chi connectivity index (χ3v) is 6.93. The van der Waals surface area contributed by atoms with Crippen molar-refractivity contribution in [2.75, 3.05) is 19.0 Å². The first-order valence-electron chi connectivity index (χ1n) is 11.3. The lowest BCUT2D eigenvalue weighted by atomic mass is 9.82. The molecular weight excluding hydrogens is 416 g/mol. The van der Waals surface area contributed by atoms with Crippen molar-refractivity contribution >= 4 is 33.7 Å². The molecule has 166 valence electrons. The lowest BCUT2D eigenvalue weighted by Crippen LogP contribution is -2.25. The van der Waals surface area contributed by atoms with E-state index in [0.29, 0.717) is 23.3 Å². The van der Waals surface area contributed by atoms with Crippen molar-refractivity contribution in [3.05, 3.63) is 74.6 Å². The number of para-hydroxylation sites is 1. The fourth-order valence-corrected chi connectivity index (χ4v) is 5.51. The van der Waals surface area contributed by atoms with Crippen LogP contribution in [0.4, 0.5) is 5.82 Å². The molecule has 0 saturated carbocycles. The lowest BCUT2D eigenvalue weighted by molar-refractivity contribution is -0.135. The lowest BCUT2D eigenvalue weighted by Gasteiger charge is -2.30. The van der Waals surface area contributed by atoms with Gasteiger partial charge >= 0.3 is 11.6 Å². The van der Waals surface area contributed by atoms with Gasteiger partial charge in [0.15, 0.2) is 0 Å². The number of ether oxygens (including phenoxy) is 1. The quantitative estimate of drug-likeness (QED) is 0.257. The predicted octanol–water partition coefficient (Wildman–Crippen LogP) is 4.65. The number of pyridine rings is 1. The molecule has 0 spiro atoms. The van der Waals surface area contributed by atoms with Gasteiger partial charge in [-0.05, 0) is 55.5 Å². The summed E-state index contributed by atoms with van der Waals surface area (Å²) in [5.74, 6) is 0.897. The number of esters is 1. The number of rotatable bonds is 2. The summed E-state index contributed by atoms with van der Waals surface area (Å²) in [7, 11) is 3.94. The van der Waals surface area contributed by atoms with E-state index in [2.05, 4.69) is 6.07 Å². The van der Waals surface area contributed by atoms with Gasteiger partial charge in [0, 0.05) is 42.1 Å². The van der Waals surface area contributed by atoms with Gasteiger partial charge in [-0.1, -0.05) is 18.2 Å². The highest BCUT2D eigenvalue weighted by atomic mass is 16.5. The van der Waals surface area contributed by atoms with Gasteiger partial charge in [0.2, 0.25) is 0 Å². The second-order valence-corrected chi connectivity index (χ2v) is 9.23. The number of anilines is 1. The molecule has 1 aliphatic heterocycles. The van der Waals surface area contributed by atoms with Crippen molar-refractivity contribution in [3.63, 3.8) is 0 Å². The minimum absolute atomic E-state index is 0.205. The molecule has 6 rings (SSSR count). The van der Waals surface area contributed by atoms with Gasteiger partial charge in [0.1, 0.15) is 17.2 Å². The Labute approximate surface area is 190 Å². The van der Waals surface area contributed by atoms with Crippen LogP contribution in [-0.4, -0.2) is 25.0 Å². The maximum atomic E-state index is 12.9. The first-order valence-corrected chi connectivity index (χ1v) is 11.3. The molecule has 1 aliphatic carbocycles. The summed E-state index contributed by atoms with van der Waals surface area (Å²) in [5, 5.41) is 1.81. The highest BCUT2D eigenvalue weighted by Crippen LogP contribution is 2.48. The van der Waals surface area contributed by atoms with Crippen LogP contribution >= 0.6 is 0 Å². The van der Waals surface area contributed by atoms with E-state index in [-0.39, 0.29) is 23.9 Å². The molecule has 2 aliphatic rings. The van der Waals surface area contributed by atoms with Gasteiger partial charge < -0.3 is 14.1 Å². The van der Waals surface area contributed by atoms with Gasteiger partial charge in [-0.15, -0.1) is 0 Å². The van der Waals surface area contributed by atoms with Crippen LogP contribution in [0.15, 0.2) is 45.6 Å². The SMILES string of the molecule is Cc1cc2oc(=O)c3c(c2c2c1[C@@H](c1cc4ccccc4nc1N(C)C)CC(=O)O2)CCC3. The van der Waals surface area contributed by atoms with Gasteiger partial charge in [-0.3, -0.25) is 4.79 Å². The number of fused-ring (bicyclic) bond motifs is 6. The maximum Gasteiger partial charge on any atom is 0.339 e. The minimum atomic E-state index is -0.282. The molecule has 4 aromatic rings. The number of hydrogen-bond acceptors (Lipinski definition) is 6. The first kappa shape index (κ1) is 20.0. The number of aryl methyl sites for hydroxylation is 2. The molecule has 0 unspecified atom stereocenters. The van der Waals surface area contributed by atoms with Crippen LogP contribution in [0.1, 0.15) is 46.6 Å². The van der Waals surface area contributed by atoms with E-state index < -0.39 is 0 Å². The third kappa shape index (κ3) is 2.97. The molecule has 0 fully saturated rings. The largest absolute Gasteiger partial charge is 0.425 e. The zero-order valence-electron chi connectivity index (χ0n) is 18.9. The fraction of sp³-hybridized carbons (Fsp3) is 0.296. The molecule has 0 radical (unpaired) electrons. The van der Waals surface area contributed by atoms with Gasteiger partial charge in [-0.2, -0.15) is 0 Å². The Morgan fingerprint density at radius 1 is 1.06 bits per heavy atom. The Balaban J connectivity index is 1.68. The molecule has 6 nitrogen and oxygen atoms in total. The Morgan fingerprint density at radius 2 is 1.85 bits per heavy atom. The van der Waals surface area contributed by atoms with Crippen molar-refractivity contribution in [1.82, 2.24) is 4.98 Å². The highest BCUT2D eigenvalue weighted by Gasteiger charge is 2.36. The summed E-state index contributed by atoms with van der Waals surface area (Å²) < 4.78 is 11.6. The Bertz CT molecular complexity index is 1530. The molecule has 3 heterocycles. The first-order chi connectivity index (χ1) is 15.9. The van der Waals surface area contributed by atoms with Crippen molar-refractivity contribution in [2.45, 2.75) is 38.5 Å². The summed E-state index contributed by atoms with van der Waals surface area (Å²) in [6.07, 6.45) is 2.63. The van der Waals surface area contributed by atoms with E-state index in [4.69, 9.17) is 14.1 Å². The smallest absolute Gasteiger partial charge is 0.339 e. The minimum Gasteiger partial charge on any atom is -0.425 e. The van der Waals surface area contributed by atoms with Gasteiger partial charge in [0.05, 0.1) is 17.3 Å². The van der Waals surface area contributed by atoms with Crippen LogP contribution in [0, 0.1) is 6.92 Å². The number of carbonyl (C=O) groups excluding carboxylic acids is 1. The molecular formula is C27H24N2O4. The zero-order chi connectivity index (χ0) is 22.9. The maximum absolute atomic E-state index is 12.9. The van der Waals surface area contributed by atoms with Crippen molar-refractivity contribution in [3.8, 4) is 5.75 Å². The number of nitrogens with zero attached hydrogens (tertiary/aromatic N) is 2. The number of carbonyl (C=O) groups is 1. The number of benzene rings is 2. The van der Waals surface area contributed by atoms with Gasteiger partial charge in [0.25, 0.3) is 0 Å². The third-order valence-electron chi connectivity index (χ3n) is 6.93. The molecule has 6 heteroatoms. The summed E-state index contributed by atoms with van der Waals surface area (Å²) in [4.78, 5) is 32.4. The van der Waals surface area contributed by atoms with Crippen LogP contribution < -0.4 is 15.3 Å². The standard InChI is InChI=1S/C27H24N2O4/c1-14-11-21-24(16-8-6-9-17(16)27(31)32-21)25-23(14)18(13-22(30)33-25)19-12-15-7-4-5-10-20(15)28-26(19)29(2)3/h4-5,7,10-12,18H,6,8-9,13H2,1-3H3/t18-/m1/s1. The number of aromatic nitrogens is 1. The highest BCUT2D eigenvalue weighted by molar-refractivity contribution is 5.95. The van der Waals surface area contributed by atoms with E-state index >= 15 is 0 Å². The van der Waals surface area contributed by atoms with Crippen molar-refractivity contribution in [1.29, 1.82) is 0 Å². The zero-order valence-corrected chi connectivity index (χ0v) is 18.9. The molecule has 2 aromatic heterocycles. The van der Waals surface area contributed by atoms with Crippen LogP contribution in [0.3, 0.4) is 0 Å². The van der Waals surface area contributed by atoms with Crippen LogP contribution in [0.25, 0.3) is 21.9 Å². The summed E-state index contributed by atoms with van der Waals surface area (Å²) in [5.41, 5.74) is 5.73. The monoisotopic (exact) mass is 440 g/mol. The Kier molecular flexibility index (Phi) is 4.34. The Hall–Kier alpha value is -3.67. The number of hydrogen-bond donors (Lipinski definition) is 0. The van der Waals surface area contributed by atoms with Gasteiger partial charge in [-0.25, -0.2) is 9.78 Å². The average Bonchev–Trinajstić information content (AvgIpc) is 3.28. The fourth-order valence-electron chi connectivity index (χ4n) is 5.51.